The molecule has 0 aliphatic heterocycles. The minimum absolute atomic E-state index is 0.278. The minimum Gasteiger partial charge on any atom is -0.478 e. The third kappa shape index (κ3) is 7.34. The molecule has 6 heteroatoms. The van der Waals surface area contributed by atoms with Crippen molar-refractivity contribution in [2.45, 2.75) is 13.5 Å². The van der Waals surface area contributed by atoms with Crippen LogP contribution in [0.4, 0.5) is 5.69 Å². The number of alkyl halides is 2. The minimum atomic E-state index is -0.928. The van der Waals surface area contributed by atoms with Crippen LogP contribution >= 0.6 is 23.2 Å². The Morgan fingerprint density at radius 2 is 1.68 bits per heavy atom. The molecule has 0 amide bonds. The molecule has 136 valence electrons. The lowest BCUT2D eigenvalue weighted by Crippen LogP contribution is -2.28. The predicted octanol–water partition coefficient (Wildman–Crippen LogP) is 4.12. The molecule has 0 unspecified atom stereocenters. The van der Waals surface area contributed by atoms with Crippen LogP contribution in [-0.4, -0.2) is 35.9 Å². The van der Waals surface area contributed by atoms with Gasteiger partial charge in [0.25, 0.3) is 0 Å². The van der Waals surface area contributed by atoms with E-state index in [0.717, 1.165) is 11.3 Å². The molecule has 2 aromatic rings. The lowest BCUT2D eigenvalue weighted by molar-refractivity contribution is 0.0697. The van der Waals surface area contributed by atoms with E-state index in [9.17, 15) is 4.79 Å². The molecule has 25 heavy (non-hydrogen) atoms. The number of nitrogens with two attached hydrogens (primary N) is 1. The number of hydrogen-bond acceptors (Lipinski definition) is 3. The van der Waals surface area contributed by atoms with E-state index in [1.165, 1.54) is 5.56 Å². The molecule has 0 saturated heterocycles. The number of rotatable bonds is 7. The summed E-state index contributed by atoms with van der Waals surface area (Å²) in [5.41, 5.74) is 8.71. The van der Waals surface area contributed by atoms with E-state index in [1.54, 1.807) is 18.2 Å². The van der Waals surface area contributed by atoms with E-state index in [0.29, 0.717) is 31.4 Å². The summed E-state index contributed by atoms with van der Waals surface area (Å²) >= 11 is 11.5. The van der Waals surface area contributed by atoms with Gasteiger partial charge in [-0.1, -0.05) is 36.4 Å². The standard InChI is InChI=1S/C12H15Cl2NO2.C7H9N/c1-9-2-3-10(12(16)17)8-11(9)15(6-4-13)7-5-14;8-6-7-4-2-1-3-5-7/h2-3,8H,4-7H2,1H3,(H,16,17);1-5H,6,8H2. The number of halogens is 2. The summed E-state index contributed by atoms with van der Waals surface area (Å²) < 4.78 is 0. The molecule has 2 rings (SSSR count). The van der Waals surface area contributed by atoms with Gasteiger partial charge in [0.15, 0.2) is 0 Å². The highest BCUT2D eigenvalue weighted by Gasteiger charge is 2.11. The largest absolute Gasteiger partial charge is 0.478 e. The number of nitrogens with zero attached hydrogens (tertiary/aromatic N) is 1. The van der Waals surface area contributed by atoms with E-state index in [1.807, 2.05) is 42.2 Å². The van der Waals surface area contributed by atoms with Crippen molar-refractivity contribution in [1.82, 2.24) is 0 Å². The monoisotopic (exact) mass is 382 g/mol. The Kier molecular flexibility index (Phi) is 10.0. The highest BCUT2D eigenvalue weighted by molar-refractivity contribution is 6.18. The summed E-state index contributed by atoms with van der Waals surface area (Å²) in [6, 6.07) is 15.1. The molecule has 0 fully saturated rings. The van der Waals surface area contributed by atoms with Crippen LogP contribution in [-0.2, 0) is 6.54 Å². The van der Waals surface area contributed by atoms with Crippen LogP contribution in [0.2, 0.25) is 0 Å². The first-order chi connectivity index (χ1) is 12.0. The molecule has 2 aromatic carbocycles. The van der Waals surface area contributed by atoms with E-state index in [4.69, 9.17) is 34.0 Å². The zero-order valence-electron chi connectivity index (χ0n) is 14.3. The van der Waals surface area contributed by atoms with Gasteiger partial charge in [0.2, 0.25) is 0 Å². The van der Waals surface area contributed by atoms with Gasteiger partial charge in [-0.3, -0.25) is 0 Å². The van der Waals surface area contributed by atoms with Crippen molar-refractivity contribution in [2.75, 3.05) is 29.7 Å². The Hall–Kier alpha value is -1.75. The van der Waals surface area contributed by atoms with Crippen LogP contribution in [0.1, 0.15) is 21.5 Å². The van der Waals surface area contributed by atoms with Crippen molar-refractivity contribution in [3.63, 3.8) is 0 Å². The molecule has 0 aliphatic rings. The fourth-order valence-corrected chi connectivity index (χ4v) is 2.66. The lowest BCUT2D eigenvalue weighted by atomic mass is 10.1. The van der Waals surface area contributed by atoms with Crippen LogP contribution < -0.4 is 10.6 Å². The van der Waals surface area contributed by atoms with Crippen molar-refractivity contribution in [2.24, 2.45) is 5.73 Å². The Labute approximate surface area is 159 Å². The highest BCUT2D eigenvalue weighted by atomic mass is 35.5. The first-order valence-electron chi connectivity index (χ1n) is 7.98. The van der Waals surface area contributed by atoms with Gasteiger partial charge >= 0.3 is 5.97 Å². The smallest absolute Gasteiger partial charge is 0.335 e. The molecule has 3 N–H and O–H groups in total. The van der Waals surface area contributed by atoms with Gasteiger partial charge in [0, 0.05) is 37.1 Å². The van der Waals surface area contributed by atoms with E-state index < -0.39 is 5.97 Å². The summed E-state index contributed by atoms with van der Waals surface area (Å²) in [6.45, 7) is 3.88. The quantitative estimate of drug-likeness (QED) is 0.706. The van der Waals surface area contributed by atoms with Crippen LogP contribution in [0.25, 0.3) is 0 Å². The van der Waals surface area contributed by atoms with Gasteiger partial charge in [-0.25, -0.2) is 4.79 Å². The Morgan fingerprint density at radius 3 is 2.12 bits per heavy atom. The van der Waals surface area contributed by atoms with Crippen molar-refractivity contribution < 1.29 is 9.90 Å². The van der Waals surface area contributed by atoms with Crippen LogP contribution in [0.3, 0.4) is 0 Å². The van der Waals surface area contributed by atoms with Gasteiger partial charge in [-0.05, 0) is 30.2 Å². The third-order valence-corrected chi connectivity index (χ3v) is 3.92. The lowest BCUT2D eigenvalue weighted by Gasteiger charge is -2.25. The summed E-state index contributed by atoms with van der Waals surface area (Å²) in [6.07, 6.45) is 0. The van der Waals surface area contributed by atoms with Gasteiger partial charge in [-0.2, -0.15) is 0 Å². The molecule has 0 saturated carbocycles. The second kappa shape index (κ2) is 11.7. The normalized spacial score (nSPS) is 9.92. The number of anilines is 1. The molecule has 0 aromatic heterocycles. The second-order valence-corrected chi connectivity index (χ2v) is 6.12. The Bertz CT molecular complexity index is 645. The molecule has 0 spiro atoms. The topological polar surface area (TPSA) is 66.6 Å². The maximum atomic E-state index is 10.9. The van der Waals surface area contributed by atoms with Crippen molar-refractivity contribution >= 4 is 34.9 Å². The Balaban J connectivity index is 0.000000324. The summed E-state index contributed by atoms with van der Waals surface area (Å²) in [7, 11) is 0. The van der Waals surface area contributed by atoms with Gasteiger partial charge in [-0.15, -0.1) is 23.2 Å². The van der Waals surface area contributed by atoms with E-state index in [2.05, 4.69) is 0 Å². The molecular weight excluding hydrogens is 359 g/mol. The molecule has 0 atom stereocenters. The van der Waals surface area contributed by atoms with Gasteiger partial charge in [0.05, 0.1) is 5.56 Å². The van der Waals surface area contributed by atoms with Gasteiger partial charge in [0.1, 0.15) is 0 Å². The number of carboxylic acids is 1. The zero-order chi connectivity index (χ0) is 18.7. The maximum Gasteiger partial charge on any atom is 0.335 e. The SMILES string of the molecule is Cc1ccc(C(=O)O)cc1N(CCCl)CCCl.NCc1ccccc1. The fraction of sp³-hybridized carbons (Fsp3) is 0.316. The summed E-state index contributed by atoms with van der Waals surface area (Å²) in [4.78, 5) is 12.9. The number of aromatic carboxylic acids is 1. The number of aryl methyl sites for hydroxylation is 1. The van der Waals surface area contributed by atoms with Crippen LogP contribution in [0, 0.1) is 6.92 Å². The highest BCUT2D eigenvalue weighted by Crippen LogP contribution is 2.22. The van der Waals surface area contributed by atoms with E-state index in [-0.39, 0.29) is 5.56 Å². The van der Waals surface area contributed by atoms with E-state index >= 15 is 0 Å². The molecule has 0 aliphatic carbocycles. The van der Waals surface area contributed by atoms with Crippen molar-refractivity contribution in [1.29, 1.82) is 0 Å². The third-order valence-electron chi connectivity index (χ3n) is 3.58. The first-order valence-corrected chi connectivity index (χ1v) is 9.05. The van der Waals surface area contributed by atoms with Crippen LogP contribution in [0.15, 0.2) is 48.5 Å². The van der Waals surface area contributed by atoms with Crippen LogP contribution in [0.5, 0.6) is 0 Å². The predicted molar refractivity (Wildman–Crippen MR) is 106 cm³/mol. The number of benzene rings is 2. The van der Waals surface area contributed by atoms with Crippen molar-refractivity contribution in [3.8, 4) is 0 Å². The fourth-order valence-electron chi connectivity index (χ4n) is 2.25. The average Bonchev–Trinajstić information content (AvgIpc) is 2.63. The summed E-state index contributed by atoms with van der Waals surface area (Å²) in [5, 5.41) is 8.97. The molecule has 0 radical (unpaired) electrons. The maximum absolute atomic E-state index is 10.9. The first kappa shape index (κ1) is 21.3. The molecular formula is C19H24Cl2N2O2. The summed E-state index contributed by atoms with van der Waals surface area (Å²) in [5.74, 6) is 0.0318. The number of hydrogen-bond donors (Lipinski definition) is 2. The Morgan fingerprint density at radius 1 is 1.08 bits per heavy atom. The molecule has 0 heterocycles. The zero-order valence-corrected chi connectivity index (χ0v) is 15.8. The van der Waals surface area contributed by atoms with Crippen molar-refractivity contribution in [3.05, 3.63) is 65.2 Å². The van der Waals surface area contributed by atoms with Gasteiger partial charge < -0.3 is 15.7 Å². The molecule has 0 bridgehead atoms. The number of carboxylic acid groups (broad SMARTS) is 1. The number of carbonyl (C=O) groups is 1. The average molecular weight is 383 g/mol. The molecule has 4 nitrogen and oxygen atoms in total. The second-order valence-electron chi connectivity index (χ2n) is 5.36.